The summed E-state index contributed by atoms with van der Waals surface area (Å²) in [6, 6.07) is 10.2. The molecule has 0 saturated carbocycles. The van der Waals surface area contributed by atoms with E-state index < -0.39 is 0 Å². The maximum atomic E-state index is 8.98. The van der Waals surface area contributed by atoms with Crippen LogP contribution in [0.5, 0.6) is 0 Å². The van der Waals surface area contributed by atoms with Crippen LogP contribution < -0.4 is 5.73 Å². The molecule has 0 amide bonds. The Labute approximate surface area is 102 Å². The Morgan fingerprint density at radius 2 is 2.00 bits per heavy atom. The zero-order valence-electron chi connectivity index (χ0n) is 9.97. The topological polar surface area (TPSA) is 46.2 Å². The van der Waals surface area contributed by atoms with Crippen molar-refractivity contribution in [2.24, 2.45) is 5.73 Å². The minimum Gasteiger partial charge on any atom is -0.396 e. The third-order valence-corrected chi connectivity index (χ3v) is 3.28. The zero-order chi connectivity index (χ0) is 12.1. The van der Waals surface area contributed by atoms with Crippen molar-refractivity contribution >= 4 is 5.57 Å². The quantitative estimate of drug-likeness (QED) is 0.833. The monoisotopic (exact) mass is 229 g/mol. The fourth-order valence-corrected chi connectivity index (χ4v) is 2.35. The first-order valence-electron chi connectivity index (χ1n) is 6.09. The molecule has 2 nitrogen and oxygen atoms in total. The van der Waals surface area contributed by atoms with Crippen LogP contribution in [0.3, 0.4) is 0 Å². The summed E-state index contributed by atoms with van der Waals surface area (Å²) in [4.78, 5) is 0. The van der Waals surface area contributed by atoms with Gasteiger partial charge in [0.1, 0.15) is 0 Å². The Bertz CT molecular complexity index is 422. The van der Waals surface area contributed by atoms with Crippen molar-refractivity contribution < 1.29 is 5.11 Å². The van der Waals surface area contributed by atoms with Gasteiger partial charge in [-0.25, -0.2) is 0 Å². The molecular weight excluding hydrogens is 210 g/mol. The Hall–Kier alpha value is -1.38. The molecule has 17 heavy (non-hydrogen) atoms. The highest BCUT2D eigenvalue weighted by Gasteiger charge is 2.30. The predicted molar refractivity (Wildman–Crippen MR) is 71.4 cm³/mol. The lowest BCUT2D eigenvalue weighted by Crippen LogP contribution is -2.41. The van der Waals surface area contributed by atoms with Crippen molar-refractivity contribution in [3.05, 3.63) is 54.1 Å². The number of aliphatic hydroxyl groups excluding tert-OH is 1. The summed E-state index contributed by atoms with van der Waals surface area (Å²) >= 11 is 0. The third kappa shape index (κ3) is 2.65. The first kappa shape index (κ1) is 12.1. The number of rotatable bonds is 4. The van der Waals surface area contributed by atoms with Gasteiger partial charge in [-0.15, -0.1) is 0 Å². The Kier molecular flexibility index (Phi) is 3.77. The Balaban J connectivity index is 2.29. The Morgan fingerprint density at radius 3 is 2.71 bits per heavy atom. The van der Waals surface area contributed by atoms with Crippen molar-refractivity contribution in [3.8, 4) is 0 Å². The van der Waals surface area contributed by atoms with Crippen LogP contribution in [-0.4, -0.2) is 17.3 Å². The van der Waals surface area contributed by atoms with Crippen LogP contribution in [0.4, 0.5) is 0 Å². The first-order chi connectivity index (χ1) is 8.26. The smallest absolute Gasteiger partial charge is 0.0451 e. The van der Waals surface area contributed by atoms with Gasteiger partial charge in [0.25, 0.3) is 0 Å². The summed E-state index contributed by atoms with van der Waals surface area (Å²) in [6.45, 7) is 0.199. The van der Waals surface area contributed by atoms with E-state index in [-0.39, 0.29) is 12.1 Å². The molecule has 90 valence electrons. The van der Waals surface area contributed by atoms with Gasteiger partial charge in [-0.2, -0.15) is 0 Å². The predicted octanol–water partition coefficient (Wildman–Crippen LogP) is 2.50. The first-order valence-corrected chi connectivity index (χ1v) is 6.09. The molecule has 2 rings (SSSR count). The molecule has 1 aliphatic carbocycles. The van der Waals surface area contributed by atoms with Crippen LogP contribution in [0.15, 0.2) is 48.6 Å². The fourth-order valence-electron chi connectivity index (χ4n) is 2.35. The molecule has 2 heteroatoms. The molecule has 1 aliphatic rings. The second-order valence-corrected chi connectivity index (χ2v) is 4.56. The molecule has 0 unspecified atom stereocenters. The van der Waals surface area contributed by atoms with Gasteiger partial charge in [0, 0.05) is 12.1 Å². The second kappa shape index (κ2) is 5.30. The van der Waals surface area contributed by atoms with E-state index in [0.29, 0.717) is 0 Å². The molecule has 0 aromatic heterocycles. The van der Waals surface area contributed by atoms with Crippen molar-refractivity contribution in [2.45, 2.75) is 24.8 Å². The van der Waals surface area contributed by atoms with E-state index in [1.54, 1.807) is 0 Å². The van der Waals surface area contributed by atoms with Crippen LogP contribution in [0.1, 0.15) is 24.8 Å². The van der Waals surface area contributed by atoms with E-state index in [9.17, 15) is 0 Å². The molecule has 0 saturated heterocycles. The van der Waals surface area contributed by atoms with Gasteiger partial charge in [0.2, 0.25) is 0 Å². The Morgan fingerprint density at radius 1 is 1.24 bits per heavy atom. The van der Waals surface area contributed by atoms with Crippen molar-refractivity contribution in [1.82, 2.24) is 0 Å². The average molecular weight is 229 g/mol. The maximum Gasteiger partial charge on any atom is 0.0451 e. The van der Waals surface area contributed by atoms with E-state index in [2.05, 4.69) is 30.4 Å². The van der Waals surface area contributed by atoms with Gasteiger partial charge in [-0.3, -0.25) is 0 Å². The molecule has 0 radical (unpaired) electrons. The second-order valence-electron chi connectivity index (χ2n) is 4.56. The molecular formula is C15H19NO. The van der Waals surface area contributed by atoms with Crippen molar-refractivity contribution in [2.75, 3.05) is 6.61 Å². The molecule has 0 aliphatic heterocycles. The number of benzene rings is 1. The number of hydrogen-bond donors (Lipinski definition) is 2. The van der Waals surface area contributed by atoms with Crippen LogP contribution in [0.25, 0.3) is 5.57 Å². The summed E-state index contributed by atoms with van der Waals surface area (Å²) in [6.07, 6.45) is 8.66. The van der Waals surface area contributed by atoms with E-state index in [4.69, 9.17) is 10.8 Å². The van der Waals surface area contributed by atoms with Crippen LogP contribution in [-0.2, 0) is 0 Å². The SMILES string of the molecule is N[C@]1(CCCO)CC=CC=C1c1ccccc1. The van der Waals surface area contributed by atoms with Gasteiger partial charge in [-0.1, -0.05) is 48.6 Å². The normalized spacial score (nSPS) is 23.5. The minimum absolute atomic E-state index is 0.199. The summed E-state index contributed by atoms with van der Waals surface area (Å²) in [5, 5.41) is 8.98. The number of aliphatic hydroxyl groups is 1. The van der Waals surface area contributed by atoms with Gasteiger partial charge < -0.3 is 10.8 Å². The summed E-state index contributed by atoms with van der Waals surface area (Å²) in [7, 11) is 0. The van der Waals surface area contributed by atoms with Gasteiger partial charge >= 0.3 is 0 Å². The van der Waals surface area contributed by atoms with Crippen LogP contribution >= 0.6 is 0 Å². The van der Waals surface area contributed by atoms with E-state index in [0.717, 1.165) is 19.3 Å². The lowest BCUT2D eigenvalue weighted by atomic mass is 9.77. The van der Waals surface area contributed by atoms with E-state index in [1.165, 1.54) is 11.1 Å². The largest absolute Gasteiger partial charge is 0.396 e. The van der Waals surface area contributed by atoms with Gasteiger partial charge in [0.05, 0.1) is 0 Å². The summed E-state index contributed by atoms with van der Waals surface area (Å²) < 4.78 is 0. The lowest BCUT2D eigenvalue weighted by molar-refractivity contribution is 0.272. The van der Waals surface area contributed by atoms with Crippen molar-refractivity contribution in [1.29, 1.82) is 0 Å². The molecule has 0 bridgehead atoms. The van der Waals surface area contributed by atoms with Crippen LogP contribution in [0.2, 0.25) is 0 Å². The molecule has 0 fully saturated rings. The third-order valence-electron chi connectivity index (χ3n) is 3.28. The maximum absolute atomic E-state index is 8.98. The number of allylic oxidation sites excluding steroid dienone is 2. The van der Waals surface area contributed by atoms with Crippen LogP contribution in [0, 0.1) is 0 Å². The summed E-state index contributed by atoms with van der Waals surface area (Å²) in [5.74, 6) is 0. The van der Waals surface area contributed by atoms with Crippen molar-refractivity contribution in [3.63, 3.8) is 0 Å². The number of nitrogens with two attached hydrogens (primary N) is 1. The zero-order valence-corrected chi connectivity index (χ0v) is 9.97. The highest BCUT2D eigenvalue weighted by atomic mass is 16.2. The molecule has 0 heterocycles. The van der Waals surface area contributed by atoms with Gasteiger partial charge in [0.15, 0.2) is 0 Å². The highest BCUT2D eigenvalue weighted by molar-refractivity contribution is 5.75. The molecule has 0 spiro atoms. The van der Waals surface area contributed by atoms with E-state index in [1.807, 2.05) is 18.2 Å². The molecule has 1 atom stereocenters. The summed E-state index contributed by atoms with van der Waals surface area (Å²) in [5.41, 5.74) is 8.51. The highest BCUT2D eigenvalue weighted by Crippen LogP contribution is 2.34. The molecule has 1 aromatic carbocycles. The lowest BCUT2D eigenvalue weighted by Gasteiger charge is -2.33. The fraction of sp³-hybridized carbons (Fsp3) is 0.333. The number of hydrogen-bond acceptors (Lipinski definition) is 2. The minimum atomic E-state index is -0.334. The average Bonchev–Trinajstić information content (AvgIpc) is 2.38. The molecule has 1 aromatic rings. The standard InChI is InChI=1S/C15H19NO/c16-15(11-6-12-17)10-5-4-9-14(15)13-7-2-1-3-8-13/h1-5,7-9,17H,6,10-12,16H2/t15-/m0/s1. The molecule has 3 N–H and O–H groups in total. The van der Waals surface area contributed by atoms with E-state index >= 15 is 0 Å². The van der Waals surface area contributed by atoms with Gasteiger partial charge in [-0.05, 0) is 30.4 Å².